The maximum atomic E-state index is 12.0. The van der Waals surface area contributed by atoms with Gasteiger partial charge in [0.1, 0.15) is 0 Å². The second-order valence-corrected chi connectivity index (χ2v) is 16.9. The van der Waals surface area contributed by atoms with Crippen LogP contribution in [0.5, 0.6) is 0 Å². The van der Waals surface area contributed by atoms with Crippen LogP contribution in [-0.2, 0) is 9.53 Å². The first-order valence-corrected chi connectivity index (χ1v) is 23.8. The summed E-state index contributed by atoms with van der Waals surface area (Å²) in [6.07, 6.45) is 58.0. The molecule has 0 spiro atoms. The van der Waals surface area contributed by atoms with Crippen LogP contribution in [-0.4, -0.2) is 12.6 Å². The van der Waals surface area contributed by atoms with Crippen molar-refractivity contribution in [3.63, 3.8) is 0 Å². The number of esters is 1. The van der Waals surface area contributed by atoms with E-state index in [1.54, 1.807) is 0 Å². The second kappa shape index (κ2) is 44.6. The number of hydrogen-bond donors (Lipinski definition) is 0. The van der Waals surface area contributed by atoms with E-state index in [0.29, 0.717) is 13.0 Å². The SMILES string of the molecule is CCCCCCCCCCCCCCCCCC(=O)OCCCCCCCCCCCCCCCCCCCCCCCCCCCC(C)C. The zero-order chi connectivity index (χ0) is 36.3. The number of rotatable bonds is 44. The van der Waals surface area contributed by atoms with Crippen molar-refractivity contribution in [2.24, 2.45) is 5.92 Å². The predicted octanol–water partition coefficient (Wildman–Crippen LogP) is 17.6. The summed E-state index contributed by atoms with van der Waals surface area (Å²) in [5, 5.41) is 0. The lowest BCUT2D eigenvalue weighted by Gasteiger charge is -2.06. The van der Waals surface area contributed by atoms with Crippen LogP contribution in [0.3, 0.4) is 0 Å². The molecule has 0 N–H and O–H groups in total. The molecule has 0 bridgehead atoms. The molecule has 0 amide bonds. The van der Waals surface area contributed by atoms with Gasteiger partial charge in [-0.25, -0.2) is 0 Å². The van der Waals surface area contributed by atoms with Gasteiger partial charge >= 0.3 is 5.97 Å². The van der Waals surface area contributed by atoms with Gasteiger partial charge in [-0.05, 0) is 18.8 Å². The molecule has 300 valence electrons. The molecule has 0 heterocycles. The van der Waals surface area contributed by atoms with Gasteiger partial charge in [-0.2, -0.15) is 0 Å². The summed E-state index contributed by atoms with van der Waals surface area (Å²) in [6, 6.07) is 0. The van der Waals surface area contributed by atoms with E-state index < -0.39 is 0 Å². The van der Waals surface area contributed by atoms with Gasteiger partial charge in [0.25, 0.3) is 0 Å². The molecular formula is C48H96O2. The molecule has 2 nitrogen and oxygen atoms in total. The standard InChI is InChI=1S/C48H96O2/c1-4-5-6-7-8-9-10-11-23-27-30-33-36-39-42-45-48(49)50-46-43-40-37-34-31-28-25-22-20-18-16-14-12-13-15-17-19-21-24-26-29-32-35-38-41-44-47(2)3/h47H,4-46H2,1-3H3. The molecule has 50 heavy (non-hydrogen) atoms. The average Bonchev–Trinajstić information content (AvgIpc) is 3.11. The van der Waals surface area contributed by atoms with E-state index in [0.717, 1.165) is 18.8 Å². The molecule has 0 aliphatic rings. The quantitative estimate of drug-likeness (QED) is 0.0466. The van der Waals surface area contributed by atoms with Crippen LogP contribution >= 0.6 is 0 Å². The van der Waals surface area contributed by atoms with Gasteiger partial charge in [-0.1, -0.05) is 271 Å². The minimum absolute atomic E-state index is 0.0318. The van der Waals surface area contributed by atoms with Crippen molar-refractivity contribution in [3.8, 4) is 0 Å². The molecular weight excluding hydrogens is 609 g/mol. The molecule has 0 fully saturated rings. The molecule has 2 heteroatoms. The van der Waals surface area contributed by atoms with Gasteiger partial charge in [0.15, 0.2) is 0 Å². The van der Waals surface area contributed by atoms with Gasteiger partial charge < -0.3 is 4.74 Å². The lowest BCUT2D eigenvalue weighted by molar-refractivity contribution is -0.143. The van der Waals surface area contributed by atoms with Gasteiger partial charge in [0.2, 0.25) is 0 Å². The largest absolute Gasteiger partial charge is 0.466 e. The Morgan fingerprint density at radius 3 is 0.860 bits per heavy atom. The smallest absolute Gasteiger partial charge is 0.305 e. The lowest BCUT2D eigenvalue weighted by Crippen LogP contribution is -2.05. The highest BCUT2D eigenvalue weighted by atomic mass is 16.5. The summed E-state index contributed by atoms with van der Waals surface area (Å²) in [7, 11) is 0. The van der Waals surface area contributed by atoms with Crippen molar-refractivity contribution in [2.75, 3.05) is 6.61 Å². The van der Waals surface area contributed by atoms with E-state index in [-0.39, 0.29) is 5.97 Å². The van der Waals surface area contributed by atoms with Crippen molar-refractivity contribution < 1.29 is 9.53 Å². The first-order valence-electron chi connectivity index (χ1n) is 23.8. The molecule has 0 unspecified atom stereocenters. The van der Waals surface area contributed by atoms with Crippen molar-refractivity contribution in [1.29, 1.82) is 0 Å². The first-order chi connectivity index (χ1) is 24.7. The molecule has 0 rings (SSSR count). The molecule has 0 aromatic heterocycles. The number of hydrogen-bond acceptors (Lipinski definition) is 2. The molecule has 0 atom stereocenters. The summed E-state index contributed by atoms with van der Waals surface area (Å²) in [5.41, 5.74) is 0. The van der Waals surface area contributed by atoms with Crippen LogP contribution in [0.15, 0.2) is 0 Å². The van der Waals surface area contributed by atoms with E-state index in [1.165, 1.54) is 250 Å². The Morgan fingerprint density at radius 1 is 0.340 bits per heavy atom. The van der Waals surface area contributed by atoms with Crippen LogP contribution in [0.1, 0.15) is 290 Å². The molecule has 0 aliphatic heterocycles. The van der Waals surface area contributed by atoms with Crippen molar-refractivity contribution in [3.05, 3.63) is 0 Å². The van der Waals surface area contributed by atoms with E-state index in [2.05, 4.69) is 20.8 Å². The van der Waals surface area contributed by atoms with E-state index >= 15 is 0 Å². The van der Waals surface area contributed by atoms with Crippen molar-refractivity contribution >= 4 is 5.97 Å². The summed E-state index contributed by atoms with van der Waals surface area (Å²) in [4.78, 5) is 12.0. The van der Waals surface area contributed by atoms with Gasteiger partial charge in [-0.15, -0.1) is 0 Å². The van der Waals surface area contributed by atoms with Crippen LogP contribution in [0, 0.1) is 5.92 Å². The van der Waals surface area contributed by atoms with E-state index in [1.807, 2.05) is 0 Å². The maximum absolute atomic E-state index is 12.0. The summed E-state index contributed by atoms with van der Waals surface area (Å²) in [6.45, 7) is 7.62. The highest BCUT2D eigenvalue weighted by molar-refractivity contribution is 5.69. The number of carbonyl (C=O) groups is 1. The third-order valence-electron chi connectivity index (χ3n) is 11.2. The Balaban J connectivity index is 3.13. The Morgan fingerprint density at radius 2 is 0.580 bits per heavy atom. The maximum Gasteiger partial charge on any atom is 0.305 e. The Hall–Kier alpha value is -0.530. The fourth-order valence-electron chi connectivity index (χ4n) is 7.62. The second-order valence-electron chi connectivity index (χ2n) is 16.9. The molecule has 0 aliphatic carbocycles. The highest BCUT2D eigenvalue weighted by Crippen LogP contribution is 2.17. The topological polar surface area (TPSA) is 26.3 Å². The summed E-state index contributed by atoms with van der Waals surface area (Å²) in [5.74, 6) is 0.919. The van der Waals surface area contributed by atoms with E-state index in [9.17, 15) is 4.79 Å². The fraction of sp³-hybridized carbons (Fsp3) is 0.979. The molecule has 0 saturated carbocycles. The third kappa shape index (κ3) is 45.5. The molecule has 0 aromatic rings. The molecule has 0 saturated heterocycles. The minimum atomic E-state index is 0.0318. The number of ether oxygens (including phenoxy) is 1. The Kier molecular flexibility index (Phi) is 44.2. The normalized spacial score (nSPS) is 11.6. The van der Waals surface area contributed by atoms with Gasteiger partial charge in [-0.3, -0.25) is 4.79 Å². The summed E-state index contributed by atoms with van der Waals surface area (Å²) >= 11 is 0. The third-order valence-corrected chi connectivity index (χ3v) is 11.2. The van der Waals surface area contributed by atoms with Crippen molar-refractivity contribution in [1.82, 2.24) is 0 Å². The average molecular weight is 705 g/mol. The molecule has 0 radical (unpaired) electrons. The Bertz CT molecular complexity index is 613. The van der Waals surface area contributed by atoms with Gasteiger partial charge in [0.05, 0.1) is 6.61 Å². The monoisotopic (exact) mass is 705 g/mol. The molecule has 0 aromatic carbocycles. The van der Waals surface area contributed by atoms with Gasteiger partial charge in [0, 0.05) is 6.42 Å². The predicted molar refractivity (Wildman–Crippen MR) is 225 cm³/mol. The fourth-order valence-corrected chi connectivity index (χ4v) is 7.62. The Labute approximate surface area is 317 Å². The van der Waals surface area contributed by atoms with Crippen LogP contribution < -0.4 is 0 Å². The number of carbonyl (C=O) groups excluding carboxylic acids is 1. The highest BCUT2D eigenvalue weighted by Gasteiger charge is 2.03. The first kappa shape index (κ1) is 49.5. The van der Waals surface area contributed by atoms with E-state index in [4.69, 9.17) is 4.74 Å². The number of unbranched alkanes of at least 4 members (excludes halogenated alkanes) is 38. The van der Waals surface area contributed by atoms with Crippen molar-refractivity contribution in [2.45, 2.75) is 290 Å². The zero-order valence-electron chi connectivity index (χ0n) is 35.3. The lowest BCUT2D eigenvalue weighted by atomic mass is 10.0. The van der Waals surface area contributed by atoms with Crippen LogP contribution in [0.2, 0.25) is 0 Å². The van der Waals surface area contributed by atoms with Crippen LogP contribution in [0.25, 0.3) is 0 Å². The summed E-state index contributed by atoms with van der Waals surface area (Å²) < 4.78 is 5.48. The zero-order valence-corrected chi connectivity index (χ0v) is 35.3. The minimum Gasteiger partial charge on any atom is -0.466 e. The van der Waals surface area contributed by atoms with Crippen LogP contribution in [0.4, 0.5) is 0 Å².